The molecule has 1 aromatic heterocycles. The SMILES string of the molecule is NC(=O)c1cn(CC(=O)O)c2ccc(C(=O)NS(=O)(=O)C3CC3)cc12. The van der Waals surface area contributed by atoms with Crippen molar-refractivity contribution >= 4 is 38.7 Å². The second-order valence-corrected chi connectivity index (χ2v) is 7.80. The van der Waals surface area contributed by atoms with Gasteiger partial charge in [0.05, 0.1) is 10.8 Å². The molecule has 132 valence electrons. The highest BCUT2D eigenvalue weighted by Crippen LogP contribution is 2.28. The Kier molecular flexibility index (Phi) is 3.99. The highest BCUT2D eigenvalue weighted by atomic mass is 32.2. The number of carboxylic acids is 1. The van der Waals surface area contributed by atoms with Gasteiger partial charge in [-0.3, -0.25) is 14.4 Å². The number of hydrogen-bond acceptors (Lipinski definition) is 5. The van der Waals surface area contributed by atoms with E-state index in [0.29, 0.717) is 18.4 Å². The van der Waals surface area contributed by atoms with Gasteiger partial charge in [-0.1, -0.05) is 0 Å². The number of aliphatic carboxylic acids is 1. The number of nitrogens with zero attached hydrogens (tertiary/aromatic N) is 1. The van der Waals surface area contributed by atoms with Crippen LogP contribution in [0.1, 0.15) is 33.6 Å². The molecule has 1 aliphatic rings. The van der Waals surface area contributed by atoms with Crippen molar-refractivity contribution in [2.75, 3.05) is 0 Å². The molecular weight excluding hydrogens is 350 g/mol. The quantitative estimate of drug-likeness (QED) is 0.658. The number of primary amides is 1. The van der Waals surface area contributed by atoms with E-state index in [1.165, 1.54) is 29.0 Å². The number of rotatable bonds is 6. The van der Waals surface area contributed by atoms with Crippen LogP contribution in [0, 0.1) is 0 Å². The lowest BCUT2D eigenvalue weighted by atomic mass is 10.1. The van der Waals surface area contributed by atoms with Crippen molar-refractivity contribution < 1.29 is 27.9 Å². The van der Waals surface area contributed by atoms with Gasteiger partial charge in [0.2, 0.25) is 10.0 Å². The van der Waals surface area contributed by atoms with Crippen molar-refractivity contribution in [2.24, 2.45) is 5.73 Å². The maximum atomic E-state index is 12.2. The Bertz CT molecular complexity index is 1000. The normalized spacial score (nSPS) is 14.4. The number of carboxylic acid groups (broad SMARTS) is 1. The number of carbonyl (C=O) groups excluding carboxylic acids is 2. The predicted octanol–water partition coefficient (Wildman–Crippen LogP) is 0.0468. The third-order valence-corrected chi connectivity index (χ3v) is 5.73. The molecule has 1 fully saturated rings. The van der Waals surface area contributed by atoms with E-state index in [1.807, 2.05) is 4.72 Å². The molecule has 4 N–H and O–H groups in total. The number of aromatic nitrogens is 1. The topological polar surface area (TPSA) is 149 Å². The van der Waals surface area contributed by atoms with Crippen molar-refractivity contribution in [2.45, 2.75) is 24.6 Å². The number of benzene rings is 1. The second-order valence-electron chi connectivity index (χ2n) is 5.84. The summed E-state index contributed by atoms with van der Waals surface area (Å²) in [4.78, 5) is 34.7. The van der Waals surface area contributed by atoms with Crippen LogP contribution in [-0.4, -0.2) is 41.1 Å². The predicted molar refractivity (Wildman–Crippen MR) is 87.5 cm³/mol. The van der Waals surface area contributed by atoms with Crippen LogP contribution in [0.5, 0.6) is 0 Å². The first-order chi connectivity index (χ1) is 11.7. The zero-order valence-electron chi connectivity index (χ0n) is 12.9. The molecule has 0 atom stereocenters. The lowest BCUT2D eigenvalue weighted by Crippen LogP contribution is -2.33. The summed E-state index contributed by atoms with van der Waals surface area (Å²) in [7, 11) is -3.70. The first kappa shape index (κ1) is 17.0. The number of amides is 2. The summed E-state index contributed by atoms with van der Waals surface area (Å²) in [5.74, 6) is -2.70. The molecule has 0 radical (unpaired) electrons. The Morgan fingerprint density at radius 1 is 1.28 bits per heavy atom. The fraction of sp³-hybridized carbons (Fsp3) is 0.267. The Morgan fingerprint density at radius 3 is 2.52 bits per heavy atom. The van der Waals surface area contributed by atoms with Crippen LogP contribution < -0.4 is 10.5 Å². The first-order valence-corrected chi connectivity index (χ1v) is 8.94. The standard InChI is InChI=1S/C15H15N3O6S/c16-14(21)11-6-18(7-13(19)20)12-4-1-8(5-10(11)12)15(22)17-25(23,24)9-2-3-9/h1,4-6,9H,2-3,7H2,(H2,16,21)(H,17,22)(H,19,20). The Hall–Kier alpha value is -2.88. The summed E-state index contributed by atoms with van der Waals surface area (Å²) in [6, 6.07) is 4.14. The Balaban J connectivity index is 2.01. The average molecular weight is 365 g/mol. The van der Waals surface area contributed by atoms with Crippen LogP contribution in [0.25, 0.3) is 10.9 Å². The zero-order chi connectivity index (χ0) is 18.4. The van der Waals surface area contributed by atoms with E-state index in [4.69, 9.17) is 10.8 Å². The molecule has 0 spiro atoms. The summed E-state index contributed by atoms with van der Waals surface area (Å²) in [5.41, 5.74) is 5.79. The minimum Gasteiger partial charge on any atom is -0.480 e. The molecule has 9 nitrogen and oxygen atoms in total. The van der Waals surface area contributed by atoms with Crippen LogP contribution in [0.15, 0.2) is 24.4 Å². The molecule has 1 saturated carbocycles. The summed E-state index contributed by atoms with van der Waals surface area (Å²) < 4.78 is 27.1. The molecule has 2 aromatic rings. The van der Waals surface area contributed by atoms with Crippen LogP contribution >= 0.6 is 0 Å². The third kappa shape index (κ3) is 3.33. The van der Waals surface area contributed by atoms with Gasteiger partial charge in [-0.15, -0.1) is 0 Å². The van der Waals surface area contributed by atoms with E-state index in [9.17, 15) is 22.8 Å². The lowest BCUT2D eigenvalue weighted by Gasteiger charge is -2.07. The molecular formula is C15H15N3O6S. The second kappa shape index (κ2) is 5.88. The fourth-order valence-corrected chi connectivity index (χ4v) is 3.86. The number of carbonyl (C=O) groups is 3. The van der Waals surface area contributed by atoms with Crippen molar-refractivity contribution in [1.82, 2.24) is 9.29 Å². The van der Waals surface area contributed by atoms with Crippen molar-refractivity contribution in [3.63, 3.8) is 0 Å². The van der Waals surface area contributed by atoms with Gasteiger partial charge >= 0.3 is 5.97 Å². The van der Waals surface area contributed by atoms with Gasteiger partial charge in [-0.25, -0.2) is 13.1 Å². The summed E-state index contributed by atoms with van der Waals surface area (Å²) >= 11 is 0. The van der Waals surface area contributed by atoms with Crippen LogP contribution in [0.4, 0.5) is 0 Å². The fourth-order valence-electron chi connectivity index (χ4n) is 2.56. The number of sulfonamides is 1. The highest BCUT2D eigenvalue weighted by molar-refractivity contribution is 7.91. The molecule has 10 heteroatoms. The van der Waals surface area contributed by atoms with E-state index >= 15 is 0 Å². The lowest BCUT2D eigenvalue weighted by molar-refractivity contribution is -0.137. The monoisotopic (exact) mass is 365 g/mol. The molecule has 1 heterocycles. The van der Waals surface area contributed by atoms with E-state index in [1.54, 1.807) is 0 Å². The number of fused-ring (bicyclic) bond motifs is 1. The molecule has 1 aliphatic carbocycles. The van der Waals surface area contributed by atoms with Crippen molar-refractivity contribution in [3.05, 3.63) is 35.5 Å². The summed E-state index contributed by atoms with van der Waals surface area (Å²) in [6.45, 7) is -0.384. The Morgan fingerprint density at radius 2 is 1.96 bits per heavy atom. The molecule has 2 amide bonds. The molecule has 25 heavy (non-hydrogen) atoms. The van der Waals surface area contributed by atoms with Gasteiger partial charge in [-0.05, 0) is 31.0 Å². The van der Waals surface area contributed by atoms with Crippen molar-refractivity contribution in [1.29, 1.82) is 0 Å². The molecule has 0 saturated heterocycles. The van der Waals surface area contributed by atoms with E-state index in [2.05, 4.69) is 0 Å². The third-order valence-electron chi connectivity index (χ3n) is 3.91. The molecule has 0 unspecified atom stereocenters. The minimum atomic E-state index is -3.70. The number of nitrogens with one attached hydrogen (secondary N) is 1. The first-order valence-electron chi connectivity index (χ1n) is 7.39. The van der Waals surface area contributed by atoms with Gasteiger partial charge in [-0.2, -0.15) is 0 Å². The molecule has 3 rings (SSSR count). The van der Waals surface area contributed by atoms with Gasteiger partial charge in [0.15, 0.2) is 0 Å². The van der Waals surface area contributed by atoms with Crippen LogP contribution in [0.3, 0.4) is 0 Å². The minimum absolute atomic E-state index is 0.0345. The van der Waals surface area contributed by atoms with Crippen LogP contribution in [-0.2, 0) is 21.4 Å². The highest BCUT2D eigenvalue weighted by Gasteiger charge is 2.37. The summed E-state index contributed by atoms with van der Waals surface area (Å²) in [5, 5.41) is 8.67. The van der Waals surface area contributed by atoms with Crippen molar-refractivity contribution in [3.8, 4) is 0 Å². The smallest absolute Gasteiger partial charge is 0.323 e. The largest absolute Gasteiger partial charge is 0.480 e. The van der Waals surface area contributed by atoms with Gasteiger partial charge in [0.25, 0.3) is 11.8 Å². The average Bonchev–Trinajstić information content (AvgIpc) is 3.30. The van der Waals surface area contributed by atoms with Gasteiger partial charge in [0.1, 0.15) is 6.54 Å². The summed E-state index contributed by atoms with van der Waals surface area (Å²) in [6.07, 6.45) is 2.33. The number of nitrogens with two attached hydrogens (primary N) is 1. The maximum absolute atomic E-state index is 12.2. The van der Waals surface area contributed by atoms with E-state index in [-0.39, 0.29) is 23.1 Å². The van der Waals surface area contributed by atoms with Gasteiger partial charge in [0, 0.05) is 22.7 Å². The number of hydrogen-bond donors (Lipinski definition) is 3. The Labute approximate surface area is 142 Å². The molecule has 0 bridgehead atoms. The van der Waals surface area contributed by atoms with E-state index < -0.39 is 33.1 Å². The maximum Gasteiger partial charge on any atom is 0.323 e. The van der Waals surface area contributed by atoms with E-state index in [0.717, 1.165) is 0 Å². The molecule has 0 aliphatic heterocycles. The molecule has 1 aromatic carbocycles. The zero-order valence-corrected chi connectivity index (χ0v) is 13.7. The van der Waals surface area contributed by atoms with Crippen LogP contribution in [0.2, 0.25) is 0 Å². The van der Waals surface area contributed by atoms with Gasteiger partial charge < -0.3 is 15.4 Å².